The Kier molecular flexibility index (Phi) is 4.53. The summed E-state index contributed by atoms with van der Waals surface area (Å²) < 4.78 is 0. The molecule has 0 bridgehead atoms. The first-order chi connectivity index (χ1) is 8.04. The number of rotatable bonds is 5. The number of hydrogen-bond acceptors (Lipinski definition) is 1. The van der Waals surface area contributed by atoms with E-state index in [1.807, 2.05) is 19.1 Å². The largest absolute Gasteiger partial charge is 0.352 e. The molecule has 0 fully saturated rings. The highest BCUT2D eigenvalue weighted by atomic mass is 35.5. The van der Waals surface area contributed by atoms with Crippen LogP contribution in [0.2, 0.25) is 5.02 Å². The first kappa shape index (κ1) is 13.5. The van der Waals surface area contributed by atoms with E-state index < -0.39 is 5.41 Å². The number of benzene rings is 1. The van der Waals surface area contributed by atoms with E-state index in [9.17, 15) is 4.79 Å². The number of carbonyl (C=O) groups is 1. The van der Waals surface area contributed by atoms with Gasteiger partial charge in [0.15, 0.2) is 0 Å². The van der Waals surface area contributed by atoms with Gasteiger partial charge >= 0.3 is 0 Å². The Hall–Kier alpha value is -1.54. The quantitative estimate of drug-likeness (QED) is 0.799. The highest BCUT2D eigenvalue weighted by Crippen LogP contribution is 2.26. The Bertz CT molecular complexity index is 424. The van der Waals surface area contributed by atoms with Crippen LogP contribution >= 0.6 is 11.6 Å². The van der Waals surface area contributed by atoms with Gasteiger partial charge in [-0.1, -0.05) is 35.9 Å². The van der Waals surface area contributed by atoms with Crippen LogP contribution in [0, 0.1) is 0 Å². The standard InChI is InChI=1S/C14H16ClNO/c1-4-10-16-13(17)14(3,5-2)11-6-8-12(15)9-7-11/h4-9H,1-2,10H2,3H3,(H,16,17)/t14-/m0/s1. The summed E-state index contributed by atoms with van der Waals surface area (Å²) in [4.78, 5) is 12.1. The van der Waals surface area contributed by atoms with Crippen LogP contribution in [-0.4, -0.2) is 12.5 Å². The van der Waals surface area contributed by atoms with Crippen molar-refractivity contribution in [3.8, 4) is 0 Å². The molecule has 1 aromatic carbocycles. The second-order valence-corrected chi connectivity index (χ2v) is 4.35. The molecule has 1 N–H and O–H groups in total. The lowest BCUT2D eigenvalue weighted by Gasteiger charge is -2.25. The van der Waals surface area contributed by atoms with E-state index in [1.165, 1.54) is 0 Å². The first-order valence-corrected chi connectivity index (χ1v) is 5.71. The molecule has 0 heterocycles. The van der Waals surface area contributed by atoms with Gasteiger partial charge in [-0.15, -0.1) is 13.2 Å². The molecule has 17 heavy (non-hydrogen) atoms. The van der Waals surface area contributed by atoms with Crippen LogP contribution in [0.1, 0.15) is 12.5 Å². The predicted octanol–water partition coefficient (Wildman–Crippen LogP) is 3.09. The van der Waals surface area contributed by atoms with Gasteiger partial charge in [-0.05, 0) is 24.6 Å². The highest BCUT2D eigenvalue weighted by Gasteiger charge is 2.31. The summed E-state index contributed by atoms with van der Waals surface area (Å²) in [7, 11) is 0. The molecule has 0 aliphatic heterocycles. The third-order valence-electron chi connectivity index (χ3n) is 2.73. The second kappa shape index (κ2) is 5.69. The maximum absolute atomic E-state index is 12.1. The molecular formula is C14H16ClNO. The molecule has 1 aromatic rings. The van der Waals surface area contributed by atoms with Crippen molar-refractivity contribution in [2.45, 2.75) is 12.3 Å². The van der Waals surface area contributed by atoms with Crippen molar-refractivity contribution in [1.29, 1.82) is 0 Å². The molecule has 0 saturated carbocycles. The number of hydrogen-bond donors (Lipinski definition) is 1. The normalized spacial score (nSPS) is 13.5. The van der Waals surface area contributed by atoms with Crippen molar-refractivity contribution in [2.75, 3.05) is 6.54 Å². The molecule has 2 nitrogen and oxygen atoms in total. The van der Waals surface area contributed by atoms with Crippen LogP contribution in [0.15, 0.2) is 49.6 Å². The zero-order valence-corrected chi connectivity index (χ0v) is 10.6. The topological polar surface area (TPSA) is 29.1 Å². The van der Waals surface area contributed by atoms with E-state index in [1.54, 1.807) is 24.3 Å². The maximum Gasteiger partial charge on any atom is 0.234 e. The smallest absolute Gasteiger partial charge is 0.234 e. The van der Waals surface area contributed by atoms with Gasteiger partial charge < -0.3 is 5.32 Å². The average molecular weight is 250 g/mol. The van der Waals surface area contributed by atoms with Crippen molar-refractivity contribution in [3.05, 3.63) is 60.2 Å². The fourth-order valence-electron chi connectivity index (χ4n) is 1.49. The van der Waals surface area contributed by atoms with Gasteiger partial charge in [-0.3, -0.25) is 4.79 Å². The van der Waals surface area contributed by atoms with Gasteiger partial charge in [0.2, 0.25) is 5.91 Å². The van der Waals surface area contributed by atoms with E-state index in [-0.39, 0.29) is 5.91 Å². The van der Waals surface area contributed by atoms with Crippen molar-refractivity contribution < 1.29 is 4.79 Å². The molecule has 0 spiro atoms. The maximum atomic E-state index is 12.1. The van der Waals surface area contributed by atoms with Crippen LogP contribution in [0.25, 0.3) is 0 Å². The van der Waals surface area contributed by atoms with Crippen molar-refractivity contribution in [3.63, 3.8) is 0 Å². The van der Waals surface area contributed by atoms with Crippen molar-refractivity contribution >= 4 is 17.5 Å². The van der Waals surface area contributed by atoms with E-state index in [0.29, 0.717) is 11.6 Å². The van der Waals surface area contributed by atoms with Gasteiger partial charge in [-0.2, -0.15) is 0 Å². The molecule has 0 unspecified atom stereocenters. The Labute approximate surface area is 107 Å². The molecule has 90 valence electrons. The molecule has 1 rings (SSSR count). The van der Waals surface area contributed by atoms with Crippen LogP contribution in [-0.2, 0) is 10.2 Å². The summed E-state index contributed by atoms with van der Waals surface area (Å²) in [6, 6.07) is 7.19. The Morgan fingerprint density at radius 2 is 2.00 bits per heavy atom. The second-order valence-electron chi connectivity index (χ2n) is 3.91. The summed E-state index contributed by atoms with van der Waals surface area (Å²) in [6.45, 7) is 9.57. The molecule has 0 radical (unpaired) electrons. The molecule has 1 atom stereocenters. The lowest BCUT2D eigenvalue weighted by Crippen LogP contribution is -2.40. The van der Waals surface area contributed by atoms with E-state index >= 15 is 0 Å². The molecule has 0 aliphatic carbocycles. The summed E-state index contributed by atoms with van der Waals surface area (Å²) >= 11 is 5.83. The molecule has 1 amide bonds. The van der Waals surface area contributed by atoms with Crippen LogP contribution in [0.5, 0.6) is 0 Å². The number of carbonyl (C=O) groups excluding carboxylic acids is 1. The lowest BCUT2D eigenvalue weighted by atomic mass is 9.81. The van der Waals surface area contributed by atoms with Crippen LogP contribution in [0.3, 0.4) is 0 Å². The zero-order chi connectivity index (χ0) is 12.9. The lowest BCUT2D eigenvalue weighted by molar-refractivity contribution is -0.124. The minimum atomic E-state index is -0.756. The van der Waals surface area contributed by atoms with Crippen molar-refractivity contribution in [2.24, 2.45) is 0 Å². The van der Waals surface area contributed by atoms with Gasteiger partial charge in [-0.25, -0.2) is 0 Å². The third kappa shape index (κ3) is 2.98. The Morgan fingerprint density at radius 3 is 2.47 bits per heavy atom. The molecule has 0 aliphatic rings. The fraction of sp³-hybridized carbons (Fsp3) is 0.214. The van der Waals surface area contributed by atoms with E-state index in [2.05, 4.69) is 18.5 Å². The van der Waals surface area contributed by atoms with Gasteiger partial charge in [0.1, 0.15) is 0 Å². The van der Waals surface area contributed by atoms with Gasteiger partial charge in [0, 0.05) is 11.6 Å². The molecule has 0 saturated heterocycles. The number of halogens is 1. The predicted molar refractivity (Wildman–Crippen MR) is 72.2 cm³/mol. The van der Waals surface area contributed by atoms with E-state index in [4.69, 9.17) is 11.6 Å². The summed E-state index contributed by atoms with van der Waals surface area (Å²) in [5.74, 6) is -0.102. The van der Waals surface area contributed by atoms with Gasteiger partial charge in [0.05, 0.1) is 5.41 Å². The van der Waals surface area contributed by atoms with Crippen LogP contribution < -0.4 is 5.32 Å². The average Bonchev–Trinajstić information content (AvgIpc) is 2.35. The molecule has 3 heteroatoms. The van der Waals surface area contributed by atoms with E-state index in [0.717, 1.165) is 5.56 Å². The first-order valence-electron chi connectivity index (χ1n) is 5.33. The Morgan fingerprint density at radius 1 is 1.41 bits per heavy atom. The minimum Gasteiger partial charge on any atom is -0.352 e. The number of nitrogens with one attached hydrogen (secondary N) is 1. The third-order valence-corrected chi connectivity index (χ3v) is 2.98. The van der Waals surface area contributed by atoms with Crippen molar-refractivity contribution in [1.82, 2.24) is 5.32 Å². The highest BCUT2D eigenvalue weighted by molar-refractivity contribution is 6.30. The molecular weight excluding hydrogens is 234 g/mol. The fourth-order valence-corrected chi connectivity index (χ4v) is 1.61. The molecule has 0 aromatic heterocycles. The summed E-state index contributed by atoms with van der Waals surface area (Å²) in [5, 5.41) is 3.42. The summed E-state index contributed by atoms with van der Waals surface area (Å²) in [5.41, 5.74) is 0.103. The van der Waals surface area contributed by atoms with Crippen LogP contribution in [0.4, 0.5) is 0 Å². The monoisotopic (exact) mass is 249 g/mol. The number of amides is 1. The Balaban J connectivity index is 3.02. The van der Waals surface area contributed by atoms with Gasteiger partial charge in [0.25, 0.3) is 0 Å². The summed E-state index contributed by atoms with van der Waals surface area (Å²) in [6.07, 6.45) is 3.28. The SMILES string of the molecule is C=CCNC(=O)[C@@](C)(C=C)c1ccc(Cl)cc1. The zero-order valence-electron chi connectivity index (χ0n) is 9.87. The minimum absolute atomic E-state index is 0.102.